The first-order valence-electron chi connectivity index (χ1n) is 6.02. The predicted octanol–water partition coefficient (Wildman–Crippen LogP) is 3.09. The zero-order valence-corrected chi connectivity index (χ0v) is 12.5. The second-order valence-electron chi connectivity index (χ2n) is 4.32. The third kappa shape index (κ3) is 3.82. The van der Waals surface area contributed by atoms with Gasteiger partial charge < -0.3 is 15.6 Å². The van der Waals surface area contributed by atoms with Gasteiger partial charge in [-0.1, -0.05) is 12.1 Å². The molecule has 0 aliphatic heterocycles. The number of ether oxygens (including phenoxy) is 1. The van der Waals surface area contributed by atoms with Crippen LogP contribution in [0.2, 0.25) is 0 Å². The van der Waals surface area contributed by atoms with E-state index in [0.29, 0.717) is 21.3 Å². The Kier molecular flexibility index (Phi) is 4.59. The van der Waals surface area contributed by atoms with Crippen molar-refractivity contribution in [2.75, 3.05) is 5.73 Å². The Morgan fingerprint density at radius 1 is 1.14 bits per heavy atom. The lowest BCUT2D eigenvalue weighted by Gasteiger charge is -2.07. The molecule has 2 aromatic carbocycles. The Labute approximate surface area is 129 Å². The van der Waals surface area contributed by atoms with Gasteiger partial charge in [0.15, 0.2) is 0 Å². The lowest BCUT2D eigenvalue weighted by molar-refractivity contribution is 0.0471. The number of carboxylic acids is 1. The quantitative estimate of drug-likeness (QED) is 0.653. The van der Waals surface area contributed by atoms with Crippen molar-refractivity contribution in [1.29, 1.82) is 0 Å². The number of anilines is 1. The molecule has 0 radical (unpaired) electrons. The molecule has 0 atom stereocenters. The average Bonchev–Trinajstić information content (AvgIpc) is 2.47. The van der Waals surface area contributed by atoms with Gasteiger partial charge in [-0.2, -0.15) is 0 Å². The van der Waals surface area contributed by atoms with E-state index >= 15 is 0 Å². The van der Waals surface area contributed by atoms with Crippen LogP contribution in [0.4, 0.5) is 5.69 Å². The molecule has 6 heteroatoms. The molecule has 0 aliphatic rings. The van der Waals surface area contributed by atoms with Crippen LogP contribution in [-0.2, 0) is 11.3 Å². The first-order valence-corrected chi connectivity index (χ1v) is 6.81. The van der Waals surface area contributed by atoms with E-state index < -0.39 is 11.9 Å². The largest absolute Gasteiger partial charge is 0.478 e. The second-order valence-corrected chi connectivity index (χ2v) is 5.17. The number of hydrogen-bond acceptors (Lipinski definition) is 4. The minimum atomic E-state index is -0.998. The summed E-state index contributed by atoms with van der Waals surface area (Å²) in [4.78, 5) is 22.7. The molecule has 0 saturated carbocycles. The highest BCUT2D eigenvalue weighted by Crippen LogP contribution is 2.21. The molecular formula is C15H12BrNO4. The van der Waals surface area contributed by atoms with Gasteiger partial charge in [0.2, 0.25) is 0 Å². The van der Waals surface area contributed by atoms with Crippen molar-refractivity contribution >= 4 is 33.6 Å². The van der Waals surface area contributed by atoms with Gasteiger partial charge in [-0.3, -0.25) is 0 Å². The van der Waals surface area contributed by atoms with Crippen LogP contribution in [0.25, 0.3) is 0 Å². The summed E-state index contributed by atoms with van der Waals surface area (Å²) in [6, 6.07) is 11.0. The van der Waals surface area contributed by atoms with E-state index in [1.54, 1.807) is 24.3 Å². The Balaban J connectivity index is 2.04. The van der Waals surface area contributed by atoms with Crippen LogP contribution in [0, 0.1) is 0 Å². The first-order chi connectivity index (χ1) is 9.97. The highest BCUT2D eigenvalue weighted by Gasteiger charge is 2.12. The van der Waals surface area contributed by atoms with Gasteiger partial charge in [0.1, 0.15) is 6.61 Å². The topological polar surface area (TPSA) is 89.6 Å². The van der Waals surface area contributed by atoms with Crippen LogP contribution in [0.1, 0.15) is 26.3 Å². The first kappa shape index (κ1) is 15.1. The van der Waals surface area contributed by atoms with Gasteiger partial charge in [-0.15, -0.1) is 0 Å². The number of benzene rings is 2. The van der Waals surface area contributed by atoms with E-state index in [1.165, 1.54) is 18.2 Å². The minimum Gasteiger partial charge on any atom is -0.478 e. The van der Waals surface area contributed by atoms with Crippen molar-refractivity contribution in [3.8, 4) is 0 Å². The normalized spacial score (nSPS) is 10.1. The number of rotatable bonds is 4. The Hall–Kier alpha value is -2.34. The third-order valence-electron chi connectivity index (χ3n) is 2.78. The van der Waals surface area contributed by atoms with Crippen molar-refractivity contribution in [3.05, 3.63) is 63.6 Å². The number of nitrogen functional groups attached to an aromatic ring is 1. The molecule has 0 amide bonds. The fraction of sp³-hybridized carbons (Fsp3) is 0.0667. The molecule has 0 fully saturated rings. The molecule has 0 aromatic heterocycles. The van der Waals surface area contributed by atoms with Crippen molar-refractivity contribution in [2.45, 2.75) is 6.61 Å². The number of esters is 1. The SMILES string of the molecule is Nc1ccc(Br)c(C(=O)OCc2ccc(C(=O)O)cc2)c1. The lowest BCUT2D eigenvalue weighted by Crippen LogP contribution is -2.07. The van der Waals surface area contributed by atoms with E-state index in [-0.39, 0.29) is 12.2 Å². The van der Waals surface area contributed by atoms with Gasteiger partial charge in [0.25, 0.3) is 0 Å². The maximum atomic E-state index is 12.0. The van der Waals surface area contributed by atoms with Gasteiger partial charge in [-0.25, -0.2) is 9.59 Å². The fourth-order valence-electron chi connectivity index (χ4n) is 1.67. The molecule has 0 bridgehead atoms. The van der Waals surface area contributed by atoms with Crippen LogP contribution in [0.3, 0.4) is 0 Å². The third-order valence-corrected chi connectivity index (χ3v) is 3.47. The number of carbonyl (C=O) groups is 2. The smallest absolute Gasteiger partial charge is 0.339 e. The minimum absolute atomic E-state index is 0.0555. The van der Waals surface area contributed by atoms with Crippen LogP contribution in [0.15, 0.2) is 46.9 Å². The van der Waals surface area contributed by atoms with Crippen LogP contribution in [0.5, 0.6) is 0 Å². The summed E-state index contributed by atoms with van der Waals surface area (Å²) in [5.41, 5.74) is 7.33. The monoisotopic (exact) mass is 349 g/mol. The predicted molar refractivity (Wildman–Crippen MR) is 81.1 cm³/mol. The molecule has 5 nitrogen and oxygen atoms in total. The molecule has 0 aliphatic carbocycles. The summed E-state index contributed by atoms with van der Waals surface area (Å²) in [5.74, 6) is -1.50. The Morgan fingerprint density at radius 3 is 2.43 bits per heavy atom. The van der Waals surface area contributed by atoms with E-state index in [4.69, 9.17) is 15.6 Å². The number of halogens is 1. The van der Waals surface area contributed by atoms with Crippen LogP contribution in [-0.4, -0.2) is 17.0 Å². The van der Waals surface area contributed by atoms with Gasteiger partial charge in [0.05, 0.1) is 11.1 Å². The molecule has 108 valence electrons. The molecular weight excluding hydrogens is 338 g/mol. The summed E-state index contributed by atoms with van der Waals surface area (Å²) >= 11 is 3.26. The van der Waals surface area contributed by atoms with Crippen molar-refractivity contribution in [2.24, 2.45) is 0 Å². The zero-order valence-electron chi connectivity index (χ0n) is 10.9. The number of hydrogen-bond donors (Lipinski definition) is 2. The molecule has 3 N–H and O–H groups in total. The molecule has 2 rings (SSSR count). The summed E-state index contributed by atoms with van der Waals surface area (Å²) in [7, 11) is 0. The maximum absolute atomic E-state index is 12.0. The number of carboxylic acid groups (broad SMARTS) is 1. The van der Waals surface area contributed by atoms with Crippen molar-refractivity contribution in [1.82, 2.24) is 0 Å². The van der Waals surface area contributed by atoms with Crippen molar-refractivity contribution < 1.29 is 19.4 Å². The summed E-state index contributed by atoms with van der Waals surface area (Å²) in [6.45, 7) is 0.0555. The fourth-order valence-corrected chi connectivity index (χ4v) is 2.08. The van der Waals surface area contributed by atoms with Crippen LogP contribution >= 0.6 is 15.9 Å². The molecule has 21 heavy (non-hydrogen) atoms. The molecule has 0 saturated heterocycles. The Bertz CT molecular complexity index is 683. The summed E-state index contributed by atoms with van der Waals surface area (Å²) in [5, 5.41) is 8.80. The second kappa shape index (κ2) is 6.41. The zero-order chi connectivity index (χ0) is 15.4. The molecule has 2 aromatic rings. The number of aromatic carboxylic acids is 1. The van der Waals surface area contributed by atoms with Gasteiger partial charge in [0, 0.05) is 10.2 Å². The molecule has 0 heterocycles. The standard InChI is InChI=1S/C15H12BrNO4/c16-13-6-5-11(17)7-12(13)15(20)21-8-9-1-3-10(4-2-9)14(18)19/h1-7H,8,17H2,(H,18,19). The average molecular weight is 350 g/mol. The lowest BCUT2D eigenvalue weighted by atomic mass is 10.1. The number of nitrogens with two attached hydrogens (primary N) is 1. The van der Waals surface area contributed by atoms with Crippen LogP contribution < -0.4 is 5.73 Å². The van der Waals surface area contributed by atoms with Crippen molar-refractivity contribution in [3.63, 3.8) is 0 Å². The van der Waals surface area contributed by atoms with E-state index in [0.717, 1.165) is 0 Å². The highest BCUT2D eigenvalue weighted by molar-refractivity contribution is 9.10. The molecule has 0 spiro atoms. The van der Waals surface area contributed by atoms with E-state index in [2.05, 4.69) is 15.9 Å². The summed E-state index contributed by atoms with van der Waals surface area (Å²) < 4.78 is 5.78. The van der Waals surface area contributed by atoms with E-state index in [1.807, 2.05) is 0 Å². The van der Waals surface area contributed by atoms with Gasteiger partial charge >= 0.3 is 11.9 Å². The Morgan fingerprint density at radius 2 is 1.81 bits per heavy atom. The maximum Gasteiger partial charge on any atom is 0.339 e. The van der Waals surface area contributed by atoms with E-state index in [9.17, 15) is 9.59 Å². The number of carbonyl (C=O) groups excluding carboxylic acids is 1. The van der Waals surface area contributed by atoms with Gasteiger partial charge in [-0.05, 0) is 51.8 Å². The summed E-state index contributed by atoms with van der Waals surface area (Å²) in [6.07, 6.45) is 0. The molecule has 0 unspecified atom stereocenters. The highest BCUT2D eigenvalue weighted by atomic mass is 79.9.